The molecule has 0 atom stereocenters. The predicted octanol–water partition coefficient (Wildman–Crippen LogP) is 2.05. The van der Waals surface area contributed by atoms with Gasteiger partial charge in [-0.2, -0.15) is 21.3 Å². The van der Waals surface area contributed by atoms with Gasteiger partial charge in [-0.05, 0) is 24.3 Å². The second-order valence-corrected chi connectivity index (χ2v) is 9.09. The third-order valence-electron chi connectivity index (χ3n) is 6.06. The van der Waals surface area contributed by atoms with Crippen molar-refractivity contribution in [2.24, 2.45) is 0 Å². The molecule has 0 aromatic carbocycles. The number of amides is 1. The van der Waals surface area contributed by atoms with Gasteiger partial charge in [0.25, 0.3) is 0 Å². The summed E-state index contributed by atoms with van der Waals surface area (Å²) in [5, 5.41) is 11.0. The number of rotatable bonds is 10. The number of hydrogen-bond donors (Lipinski definition) is 2. The average Bonchev–Trinajstić information content (AvgIpc) is 3.59. The van der Waals surface area contributed by atoms with E-state index in [4.69, 9.17) is 14.7 Å². The number of thiophene rings is 1. The van der Waals surface area contributed by atoms with Crippen molar-refractivity contribution in [1.29, 1.82) is 0 Å². The Morgan fingerprint density at radius 1 is 1.09 bits per heavy atom. The number of fused-ring (bicyclic) bond motifs is 1. The summed E-state index contributed by atoms with van der Waals surface area (Å²) < 4.78 is 7.42. The van der Waals surface area contributed by atoms with Crippen LogP contribution in [-0.2, 0) is 9.53 Å². The minimum absolute atomic E-state index is 0.265. The number of carbonyl (C=O) groups excluding carboxylic acids is 1. The fourth-order valence-corrected chi connectivity index (χ4v) is 4.88. The Kier molecular flexibility index (Phi) is 6.98. The number of nitrogens with zero attached hydrogens (tertiary/aromatic N) is 6. The third-order valence-corrected chi connectivity index (χ3v) is 6.73. The zero-order valence-corrected chi connectivity index (χ0v) is 19.5. The van der Waals surface area contributed by atoms with Crippen LogP contribution in [0, 0.1) is 0 Å². The number of morpholine rings is 1. The first-order chi connectivity index (χ1) is 16.3. The van der Waals surface area contributed by atoms with Crippen LogP contribution in [0.4, 0.5) is 11.8 Å². The van der Waals surface area contributed by atoms with Gasteiger partial charge >= 0.3 is 0 Å². The van der Waals surface area contributed by atoms with Gasteiger partial charge in [0.05, 0.1) is 18.9 Å². The maximum absolute atomic E-state index is 11.8. The number of likely N-dealkylation sites (tertiary alicyclic amines) is 1. The fourth-order valence-electron chi connectivity index (χ4n) is 4.25. The molecule has 0 radical (unpaired) electrons. The number of anilines is 2. The summed E-state index contributed by atoms with van der Waals surface area (Å²) >= 11 is 1.64. The van der Waals surface area contributed by atoms with E-state index in [1.54, 1.807) is 17.7 Å². The van der Waals surface area contributed by atoms with Crippen molar-refractivity contribution < 1.29 is 9.53 Å². The molecule has 0 spiro atoms. The predicted molar refractivity (Wildman–Crippen MR) is 129 cm³/mol. The van der Waals surface area contributed by atoms with E-state index < -0.39 is 0 Å². The lowest BCUT2D eigenvalue weighted by atomic mass is 10.3. The van der Waals surface area contributed by atoms with Crippen LogP contribution in [0.1, 0.15) is 19.3 Å². The molecular formula is C22H30N8O2S. The molecule has 0 bridgehead atoms. The molecule has 5 rings (SSSR count). The molecule has 2 fully saturated rings. The highest BCUT2D eigenvalue weighted by Gasteiger charge is 2.19. The average molecular weight is 471 g/mol. The van der Waals surface area contributed by atoms with E-state index in [1.165, 1.54) is 0 Å². The summed E-state index contributed by atoms with van der Waals surface area (Å²) in [6.45, 7) is 7.54. The van der Waals surface area contributed by atoms with Crippen molar-refractivity contribution in [3.8, 4) is 5.69 Å². The lowest BCUT2D eigenvalue weighted by Gasteiger charge is -2.26. The minimum Gasteiger partial charge on any atom is -0.379 e. The Morgan fingerprint density at radius 2 is 2.00 bits per heavy atom. The van der Waals surface area contributed by atoms with Gasteiger partial charge in [-0.1, -0.05) is 0 Å². The third kappa shape index (κ3) is 5.26. The zero-order chi connectivity index (χ0) is 22.5. The number of ether oxygens (including phenoxy) is 1. The van der Waals surface area contributed by atoms with Gasteiger partial charge in [-0.3, -0.25) is 14.3 Å². The van der Waals surface area contributed by atoms with E-state index in [2.05, 4.69) is 32.0 Å². The van der Waals surface area contributed by atoms with Gasteiger partial charge in [-0.15, -0.1) is 0 Å². The molecule has 3 aromatic heterocycles. The molecule has 2 aliphatic heterocycles. The van der Waals surface area contributed by atoms with Crippen molar-refractivity contribution in [3.63, 3.8) is 0 Å². The van der Waals surface area contributed by atoms with Crippen LogP contribution in [-0.4, -0.2) is 94.3 Å². The molecular weight excluding hydrogens is 440 g/mol. The minimum atomic E-state index is 0.265. The second-order valence-electron chi connectivity index (χ2n) is 8.31. The van der Waals surface area contributed by atoms with Crippen molar-refractivity contribution in [1.82, 2.24) is 29.3 Å². The van der Waals surface area contributed by atoms with Crippen LogP contribution in [0.15, 0.2) is 23.2 Å². The number of carbonyl (C=O) groups is 1. The zero-order valence-electron chi connectivity index (χ0n) is 18.7. The summed E-state index contributed by atoms with van der Waals surface area (Å²) in [4.78, 5) is 30.3. The van der Waals surface area contributed by atoms with Crippen LogP contribution < -0.4 is 10.6 Å². The van der Waals surface area contributed by atoms with E-state index >= 15 is 0 Å². The number of imidazole rings is 1. The largest absolute Gasteiger partial charge is 0.379 e. The molecule has 2 aliphatic rings. The maximum atomic E-state index is 11.8. The van der Waals surface area contributed by atoms with Gasteiger partial charge in [0.2, 0.25) is 11.9 Å². The molecule has 176 valence electrons. The van der Waals surface area contributed by atoms with Crippen LogP contribution in [0.3, 0.4) is 0 Å². The van der Waals surface area contributed by atoms with Gasteiger partial charge < -0.3 is 20.3 Å². The van der Waals surface area contributed by atoms with E-state index in [0.717, 1.165) is 88.0 Å². The first kappa shape index (κ1) is 22.1. The highest BCUT2D eigenvalue weighted by molar-refractivity contribution is 7.08. The quantitative estimate of drug-likeness (QED) is 0.434. The smallest absolute Gasteiger partial charge is 0.226 e. The van der Waals surface area contributed by atoms with E-state index in [9.17, 15) is 4.79 Å². The second kappa shape index (κ2) is 10.4. The topological polar surface area (TPSA) is 100 Å². The molecule has 0 aliphatic carbocycles. The van der Waals surface area contributed by atoms with Gasteiger partial charge in [0, 0.05) is 57.6 Å². The molecule has 10 nitrogen and oxygen atoms in total. The summed E-state index contributed by atoms with van der Waals surface area (Å²) in [7, 11) is 0. The number of hydrogen-bond acceptors (Lipinski definition) is 9. The van der Waals surface area contributed by atoms with Crippen LogP contribution >= 0.6 is 11.3 Å². The highest BCUT2D eigenvalue weighted by atomic mass is 32.1. The summed E-state index contributed by atoms with van der Waals surface area (Å²) in [5.41, 5.74) is 2.56. The lowest BCUT2D eigenvalue weighted by Crippen LogP contribution is -2.39. The molecule has 0 unspecified atom stereocenters. The first-order valence-electron chi connectivity index (χ1n) is 11.6. The van der Waals surface area contributed by atoms with Crippen molar-refractivity contribution >= 4 is 40.2 Å². The van der Waals surface area contributed by atoms with Gasteiger partial charge in [0.15, 0.2) is 17.0 Å². The summed E-state index contributed by atoms with van der Waals surface area (Å²) in [6, 6.07) is 2.06. The van der Waals surface area contributed by atoms with E-state index in [1.807, 2.05) is 14.8 Å². The molecule has 1 amide bonds. The monoisotopic (exact) mass is 470 g/mol. The summed E-state index contributed by atoms with van der Waals surface area (Å²) in [6.07, 6.45) is 4.31. The van der Waals surface area contributed by atoms with Crippen molar-refractivity contribution in [2.75, 3.05) is 69.7 Å². The molecule has 2 N–H and O–H groups in total. The van der Waals surface area contributed by atoms with E-state index in [-0.39, 0.29) is 5.91 Å². The molecule has 11 heteroatoms. The normalized spacial score (nSPS) is 17.2. The fraction of sp³-hybridized carbons (Fsp3) is 0.545. The van der Waals surface area contributed by atoms with Gasteiger partial charge in [-0.25, -0.2) is 4.98 Å². The Morgan fingerprint density at radius 3 is 2.79 bits per heavy atom. The van der Waals surface area contributed by atoms with Crippen LogP contribution in [0.5, 0.6) is 0 Å². The SMILES string of the molecule is O=C1CCCN1CCCNc1nc(NCCN2CCOCC2)nc2c1ncn2-c1ccsc1. The van der Waals surface area contributed by atoms with Crippen molar-refractivity contribution in [3.05, 3.63) is 23.2 Å². The van der Waals surface area contributed by atoms with E-state index in [0.29, 0.717) is 18.9 Å². The Balaban J connectivity index is 1.29. The van der Waals surface area contributed by atoms with Crippen LogP contribution in [0.25, 0.3) is 16.9 Å². The molecule has 33 heavy (non-hydrogen) atoms. The summed E-state index contributed by atoms with van der Waals surface area (Å²) in [5.74, 6) is 1.57. The number of aromatic nitrogens is 4. The molecule has 3 aromatic rings. The highest BCUT2D eigenvalue weighted by Crippen LogP contribution is 2.24. The Labute approximate surface area is 197 Å². The van der Waals surface area contributed by atoms with Crippen molar-refractivity contribution in [2.45, 2.75) is 19.3 Å². The molecule has 2 saturated heterocycles. The molecule has 5 heterocycles. The Bertz CT molecular complexity index is 1060. The van der Waals surface area contributed by atoms with Gasteiger partial charge in [0.1, 0.15) is 6.33 Å². The maximum Gasteiger partial charge on any atom is 0.226 e. The van der Waals surface area contributed by atoms with Crippen LogP contribution in [0.2, 0.25) is 0 Å². The number of nitrogens with one attached hydrogen (secondary N) is 2. The Hall–Kier alpha value is -2.76. The standard InChI is InChI=1S/C22H30N8O2S/c31-18-3-1-7-29(18)8-2-5-23-20-19-21(30(16-25-19)17-4-14-33-15-17)27-22(26-20)24-6-9-28-10-12-32-13-11-28/h4,14-16H,1-3,5-13H2,(H2,23,24,26,27). The first-order valence-corrected chi connectivity index (χ1v) is 12.6. The lowest BCUT2D eigenvalue weighted by molar-refractivity contribution is -0.127. The molecule has 0 saturated carbocycles.